The first-order valence-corrected chi connectivity index (χ1v) is 9.51. The largest absolute Gasteiger partial charge is 0.389 e. The van der Waals surface area contributed by atoms with Crippen molar-refractivity contribution in [1.82, 2.24) is 0 Å². The lowest BCUT2D eigenvalue weighted by Gasteiger charge is -2.51. The van der Waals surface area contributed by atoms with Crippen LogP contribution in [0.15, 0.2) is 0 Å². The maximum Gasteiger partial charge on any atom is 0.0715 e. The molecule has 0 aromatic rings. The smallest absolute Gasteiger partial charge is 0.0715 e. The second-order valence-corrected chi connectivity index (χ2v) is 7.95. The molecule has 21 heavy (non-hydrogen) atoms. The van der Waals surface area contributed by atoms with Crippen LogP contribution in [0.5, 0.6) is 0 Å². The van der Waals surface area contributed by atoms with Crippen molar-refractivity contribution < 1.29 is 5.11 Å². The van der Waals surface area contributed by atoms with Crippen molar-refractivity contribution in [3.8, 4) is 0 Å². The third kappa shape index (κ3) is 3.64. The van der Waals surface area contributed by atoms with Crippen LogP contribution in [0.4, 0.5) is 0 Å². The zero-order valence-corrected chi connectivity index (χ0v) is 14.4. The van der Waals surface area contributed by atoms with Crippen molar-refractivity contribution in [1.29, 1.82) is 0 Å². The lowest BCUT2D eigenvalue weighted by atomic mass is 9.58. The molecule has 0 amide bonds. The second kappa shape index (κ2) is 7.46. The summed E-state index contributed by atoms with van der Waals surface area (Å²) in [5, 5.41) is 11.5. The van der Waals surface area contributed by atoms with Gasteiger partial charge in [0.05, 0.1) is 5.60 Å². The molecule has 2 saturated carbocycles. The summed E-state index contributed by atoms with van der Waals surface area (Å²) in [5.74, 6) is 1.71. The van der Waals surface area contributed by atoms with E-state index in [1.807, 2.05) is 0 Å². The predicted octanol–water partition coefficient (Wildman–Crippen LogP) is 4.64. The quantitative estimate of drug-likeness (QED) is 0.726. The van der Waals surface area contributed by atoms with Crippen molar-refractivity contribution in [2.75, 3.05) is 6.54 Å². The first-order valence-electron chi connectivity index (χ1n) is 9.51. The van der Waals surface area contributed by atoms with Gasteiger partial charge in [-0.05, 0) is 56.8 Å². The molecular weight excluding hydrogens is 258 g/mol. The Morgan fingerprint density at radius 3 is 2.19 bits per heavy atom. The summed E-state index contributed by atoms with van der Waals surface area (Å²) in [4.78, 5) is 0. The Labute approximate surface area is 131 Å². The molecule has 2 atom stereocenters. The number of aliphatic hydroxyl groups is 1. The van der Waals surface area contributed by atoms with E-state index in [2.05, 4.69) is 13.8 Å². The molecule has 2 fully saturated rings. The molecule has 0 radical (unpaired) electrons. The van der Waals surface area contributed by atoms with Gasteiger partial charge in [-0.25, -0.2) is 0 Å². The molecule has 2 heteroatoms. The zero-order chi connectivity index (χ0) is 15.3. The minimum Gasteiger partial charge on any atom is -0.389 e. The van der Waals surface area contributed by atoms with Crippen LogP contribution in [0.3, 0.4) is 0 Å². The molecule has 0 aliphatic heterocycles. The Morgan fingerprint density at radius 1 is 0.952 bits per heavy atom. The Bertz CT molecular complexity index is 309. The van der Waals surface area contributed by atoms with Crippen molar-refractivity contribution >= 4 is 0 Å². The maximum atomic E-state index is 11.5. The normalized spacial score (nSPS) is 41.7. The average molecular weight is 296 g/mol. The van der Waals surface area contributed by atoms with Crippen LogP contribution in [0.1, 0.15) is 90.9 Å². The van der Waals surface area contributed by atoms with Crippen LogP contribution in [0.2, 0.25) is 0 Å². The molecular formula is C19H37NO. The van der Waals surface area contributed by atoms with Gasteiger partial charge in [-0.3, -0.25) is 0 Å². The van der Waals surface area contributed by atoms with Crippen molar-refractivity contribution in [3.63, 3.8) is 0 Å². The van der Waals surface area contributed by atoms with Gasteiger partial charge in [-0.1, -0.05) is 46.0 Å². The summed E-state index contributed by atoms with van der Waals surface area (Å²) in [7, 11) is 0. The van der Waals surface area contributed by atoms with Gasteiger partial charge in [-0.2, -0.15) is 0 Å². The molecule has 0 heterocycles. The third-order valence-corrected chi connectivity index (χ3v) is 6.88. The number of hydrogen-bond acceptors (Lipinski definition) is 2. The van der Waals surface area contributed by atoms with E-state index in [4.69, 9.17) is 5.73 Å². The molecule has 2 aliphatic rings. The molecule has 0 aromatic carbocycles. The summed E-state index contributed by atoms with van der Waals surface area (Å²) in [5.41, 5.74) is 5.76. The van der Waals surface area contributed by atoms with Crippen LogP contribution in [-0.4, -0.2) is 17.3 Å². The molecule has 2 nitrogen and oxygen atoms in total. The number of hydrogen-bond donors (Lipinski definition) is 2. The monoisotopic (exact) mass is 295 g/mol. The van der Waals surface area contributed by atoms with Crippen LogP contribution >= 0.6 is 0 Å². The molecule has 0 aromatic heterocycles. The van der Waals surface area contributed by atoms with E-state index >= 15 is 0 Å². The standard InChI is InChI=1S/C19H37NO/c1-3-6-17-8-12-18(15-20,13-9-17)19(21)11-5-7-16(4-2)10-14-19/h16-17,21H,3-15,20H2,1-2H3. The highest BCUT2D eigenvalue weighted by Crippen LogP contribution is 2.52. The summed E-state index contributed by atoms with van der Waals surface area (Å²) in [6.07, 6.45) is 14.5. The van der Waals surface area contributed by atoms with Gasteiger partial charge in [0.1, 0.15) is 0 Å². The lowest BCUT2D eigenvalue weighted by molar-refractivity contribution is -0.115. The van der Waals surface area contributed by atoms with Gasteiger partial charge in [0.25, 0.3) is 0 Å². The minimum atomic E-state index is -0.483. The van der Waals surface area contributed by atoms with Crippen molar-refractivity contribution in [2.24, 2.45) is 23.0 Å². The van der Waals surface area contributed by atoms with Gasteiger partial charge in [0.15, 0.2) is 0 Å². The number of nitrogens with two attached hydrogens (primary N) is 1. The zero-order valence-electron chi connectivity index (χ0n) is 14.4. The number of rotatable bonds is 5. The Balaban J connectivity index is 2.05. The van der Waals surface area contributed by atoms with E-state index < -0.39 is 5.60 Å². The van der Waals surface area contributed by atoms with Crippen molar-refractivity contribution in [3.05, 3.63) is 0 Å². The molecule has 2 unspecified atom stereocenters. The van der Waals surface area contributed by atoms with Crippen LogP contribution in [0, 0.1) is 17.3 Å². The van der Waals surface area contributed by atoms with Crippen LogP contribution < -0.4 is 5.73 Å². The van der Waals surface area contributed by atoms with Crippen LogP contribution in [-0.2, 0) is 0 Å². The topological polar surface area (TPSA) is 46.2 Å². The first kappa shape index (κ1) is 17.3. The highest BCUT2D eigenvalue weighted by Gasteiger charge is 2.50. The Hall–Kier alpha value is -0.0800. The van der Waals surface area contributed by atoms with E-state index in [9.17, 15) is 5.11 Å². The van der Waals surface area contributed by atoms with E-state index in [1.165, 1.54) is 51.4 Å². The maximum absolute atomic E-state index is 11.5. The van der Waals surface area contributed by atoms with Gasteiger partial charge in [-0.15, -0.1) is 0 Å². The molecule has 2 rings (SSSR count). The summed E-state index contributed by atoms with van der Waals surface area (Å²) in [6.45, 7) is 5.26. The molecule has 3 N–H and O–H groups in total. The third-order valence-electron chi connectivity index (χ3n) is 6.88. The Kier molecular flexibility index (Phi) is 6.14. The van der Waals surface area contributed by atoms with E-state index in [1.54, 1.807) is 0 Å². The highest BCUT2D eigenvalue weighted by atomic mass is 16.3. The molecule has 0 bridgehead atoms. The fourth-order valence-electron chi connectivity index (χ4n) is 5.12. The van der Waals surface area contributed by atoms with Crippen LogP contribution in [0.25, 0.3) is 0 Å². The lowest BCUT2D eigenvalue weighted by Crippen LogP contribution is -2.54. The molecule has 124 valence electrons. The fraction of sp³-hybridized carbons (Fsp3) is 1.00. The van der Waals surface area contributed by atoms with Gasteiger partial charge < -0.3 is 10.8 Å². The van der Waals surface area contributed by atoms with Gasteiger partial charge in [0.2, 0.25) is 0 Å². The summed E-state index contributed by atoms with van der Waals surface area (Å²) < 4.78 is 0. The second-order valence-electron chi connectivity index (χ2n) is 7.95. The van der Waals surface area contributed by atoms with E-state index in [0.29, 0.717) is 6.54 Å². The van der Waals surface area contributed by atoms with E-state index in [-0.39, 0.29) is 5.41 Å². The summed E-state index contributed by atoms with van der Waals surface area (Å²) in [6, 6.07) is 0. The fourth-order valence-corrected chi connectivity index (χ4v) is 5.12. The molecule has 2 aliphatic carbocycles. The van der Waals surface area contributed by atoms with Crippen molar-refractivity contribution in [2.45, 2.75) is 96.5 Å². The highest BCUT2D eigenvalue weighted by molar-refractivity contribution is 5.03. The predicted molar refractivity (Wildman–Crippen MR) is 90.2 cm³/mol. The van der Waals surface area contributed by atoms with Gasteiger partial charge in [0, 0.05) is 12.0 Å². The SMILES string of the molecule is CCCC1CCC(CN)(C2(O)CCCC(CC)CC2)CC1. The van der Waals surface area contributed by atoms with Gasteiger partial charge >= 0.3 is 0 Å². The minimum absolute atomic E-state index is 0.0138. The molecule has 0 spiro atoms. The van der Waals surface area contributed by atoms with E-state index in [0.717, 1.165) is 37.5 Å². The Morgan fingerprint density at radius 2 is 1.62 bits per heavy atom. The average Bonchev–Trinajstić information content (AvgIpc) is 2.71. The summed E-state index contributed by atoms with van der Waals surface area (Å²) >= 11 is 0. The molecule has 0 saturated heterocycles. The first-order chi connectivity index (χ1) is 10.1.